The highest BCUT2D eigenvalue weighted by Crippen LogP contribution is 2.49. The summed E-state index contributed by atoms with van der Waals surface area (Å²) >= 11 is 1.54. The van der Waals surface area contributed by atoms with E-state index in [-0.39, 0.29) is 41.6 Å². The number of nitrogens with one attached hydrogen (secondary N) is 1. The van der Waals surface area contributed by atoms with Crippen LogP contribution in [0.2, 0.25) is 0 Å². The summed E-state index contributed by atoms with van der Waals surface area (Å²) in [6, 6.07) is 9.61. The number of amides is 2. The van der Waals surface area contributed by atoms with Gasteiger partial charge >= 0.3 is 0 Å². The van der Waals surface area contributed by atoms with Crippen molar-refractivity contribution in [2.45, 2.75) is 38.0 Å². The molecule has 0 bridgehead atoms. The van der Waals surface area contributed by atoms with E-state index >= 15 is 0 Å². The molecule has 2 aromatic heterocycles. The second-order valence-electron chi connectivity index (χ2n) is 9.88. The third-order valence-corrected chi connectivity index (χ3v) is 7.42. The van der Waals surface area contributed by atoms with Gasteiger partial charge in [0.15, 0.2) is 11.5 Å². The Bertz CT molecular complexity index is 1300. The Labute approximate surface area is 214 Å². The van der Waals surface area contributed by atoms with Crippen molar-refractivity contribution in [3.05, 3.63) is 65.1 Å². The average Bonchev–Trinajstić information content (AvgIpc) is 3.42. The molecule has 1 aromatic carbocycles. The van der Waals surface area contributed by atoms with Gasteiger partial charge in [0.25, 0.3) is 0 Å². The predicted octanol–water partition coefficient (Wildman–Crippen LogP) is 3.33. The van der Waals surface area contributed by atoms with E-state index in [9.17, 15) is 9.59 Å². The van der Waals surface area contributed by atoms with E-state index in [2.05, 4.69) is 31.1 Å². The lowest BCUT2D eigenvalue weighted by Gasteiger charge is -2.24. The van der Waals surface area contributed by atoms with Crippen LogP contribution < -0.4 is 19.7 Å². The Hall–Kier alpha value is -3.53. The second kappa shape index (κ2) is 9.50. The molecule has 0 saturated carbocycles. The molecule has 1 unspecified atom stereocenters. The molecule has 2 aliphatic rings. The zero-order valence-corrected chi connectivity index (χ0v) is 21.6. The third-order valence-electron chi connectivity index (χ3n) is 6.17. The quantitative estimate of drug-likeness (QED) is 0.566. The van der Waals surface area contributed by atoms with Crippen LogP contribution in [-0.4, -0.2) is 45.7 Å². The Balaban J connectivity index is 1.51. The molecule has 2 amide bonds. The van der Waals surface area contributed by atoms with E-state index in [1.54, 1.807) is 22.0 Å². The number of anilines is 1. The van der Waals surface area contributed by atoms with E-state index in [1.807, 2.05) is 37.4 Å². The highest BCUT2D eigenvalue weighted by atomic mass is 32.2. The molecule has 0 fully saturated rings. The molecular formula is C26H29N5O4S. The van der Waals surface area contributed by atoms with Crippen LogP contribution in [0.3, 0.4) is 0 Å². The molecule has 3 aromatic rings. The van der Waals surface area contributed by atoms with Gasteiger partial charge in [-0.2, -0.15) is 5.10 Å². The first kappa shape index (κ1) is 24.2. The number of hydrogen-bond acceptors (Lipinski definition) is 7. The Morgan fingerprint density at radius 1 is 1.22 bits per heavy atom. The maximum Gasteiger partial charge on any atom is 0.240 e. The molecular weight excluding hydrogens is 478 g/mol. The van der Waals surface area contributed by atoms with Crippen LogP contribution in [0.5, 0.6) is 11.5 Å². The fraction of sp³-hybridized carbons (Fsp3) is 0.385. The van der Waals surface area contributed by atoms with E-state index in [0.717, 1.165) is 22.4 Å². The van der Waals surface area contributed by atoms with Crippen molar-refractivity contribution in [1.82, 2.24) is 20.1 Å². The first-order chi connectivity index (χ1) is 17.2. The number of thioether (sulfide) groups is 1. The first-order valence-corrected chi connectivity index (χ1v) is 12.8. The molecule has 5 rings (SSSR count). The summed E-state index contributed by atoms with van der Waals surface area (Å²) in [6.07, 6.45) is 3.39. The van der Waals surface area contributed by atoms with Crippen LogP contribution >= 0.6 is 11.8 Å². The normalized spacial score (nSPS) is 17.1. The number of rotatable bonds is 5. The van der Waals surface area contributed by atoms with Crippen LogP contribution in [0.15, 0.2) is 42.7 Å². The summed E-state index contributed by atoms with van der Waals surface area (Å²) in [5.74, 6) is 1.90. The van der Waals surface area contributed by atoms with Crippen LogP contribution in [0.4, 0.5) is 5.82 Å². The monoisotopic (exact) mass is 507 g/mol. The van der Waals surface area contributed by atoms with Gasteiger partial charge in [-0.3, -0.25) is 24.2 Å². The second-order valence-corrected chi connectivity index (χ2v) is 11.0. The summed E-state index contributed by atoms with van der Waals surface area (Å²) in [7, 11) is 1.83. The molecule has 1 atom stereocenters. The topological polar surface area (TPSA) is 98.6 Å². The van der Waals surface area contributed by atoms with Crippen molar-refractivity contribution in [1.29, 1.82) is 0 Å². The van der Waals surface area contributed by atoms with Crippen molar-refractivity contribution < 1.29 is 19.1 Å². The first-order valence-electron chi connectivity index (χ1n) is 11.8. The standard InChI is InChI=1S/C26H29N5O4S/c1-26(2,3)24-22-23(17-7-8-18-19(10-17)35-15-34-18)36-14-21(33)31(25(22)30(4)29-24)13-20(32)28-12-16-6-5-9-27-11-16/h5-11,23H,12-15H2,1-4H3,(H,28,32). The Kier molecular flexibility index (Phi) is 6.38. The average molecular weight is 508 g/mol. The number of pyridine rings is 1. The van der Waals surface area contributed by atoms with E-state index < -0.39 is 0 Å². The molecule has 36 heavy (non-hydrogen) atoms. The van der Waals surface area contributed by atoms with Crippen molar-refractivity contribution in [3.8, 4) is 11.5 Å². The van der Waals surface area contributed by atoms with Crippen LogP contribution in [0.25, 0.3) is 0 Å². The lowest BCUT2D eigenvalue weighted by atomic mass is 9.87. The van der Waals surface area contributed by atoms with Gasteiger partial charge in [-0.15, -0.1) is 11.8 Å². The number of hydrogen-bond donors (Lipinski definition) is 1. The van der Waals surface area contributed by atoms with Gasteiger partial charge in [0.2, 0.25) is 18.6 Å². The van der Waals surface area contributed by atoms with Gasteiger partial charge in [-0.1, -0.05) is 32.9 Å². The zero-order chi connectivity index (χ0) is 25.4. The molecule has 0 radical (unpaired) electrons. The zero-order valence-electron chi connectivity index (χ0n) is 20.8. The van der Waals surface area contributed by atoms with Crippen molar-refractivity contribution >= 4 is 29.4 Å². The highest BCUT2D eigenvalue weighted by molar-refractivity contribution is 8.00. The maximum absolute atomic E-state index is 13.4. The lowest BCUT2D eigenvalue weighted by Crippen LogP contribution is -2.42. The molecule has 0 spiro atoms. The van der Waals surface area contributed by atoms with Gasteiger partial charge in [0.05, 0.1) is 16.7 Å². The maximum atomic E-state index is 13.4. The minimum atomic E-state index is -0.276. The van der Waals surface area contributed by atoms with E-state index in [0.29, 0.717) is 23.9 Å². The lowest BCUT2D eigenvalue weighted by molar-refractivity contribution is -0.123. The molecule has 10 heteroatoms. The molecule has 1 N–H and O–H groups in total. The van der Waals surface area contributed by atoms with E-state index in [4.69, 9.17) is 14.6 Å². The minimum absolute atomic E-state index is 0.0936. The van der Waals surface area contributed by atoms with Gasteiger partial charge in [-0.05, 0) is 29.3 Å². The molecule has 0 aliphatic carbocycles. The number of aromatic nitrogens is 3. The van der Waals surface area contributed by atoms with Gasteiger partial charge < -0.3 is 14.8 Å². The Morgan fingerprint density at radius 3 is 2.78 bits per heavy atom. The molecule has 188 valence electrons. The minimum Gasteiger partial charge on any atom is -0.454 e. The fourth-order valence-corrected chi connectivity index (χ4v) is 5.67. The number of fused-ring (bicyclic) bond motifs is 2. The number of aryl methyl sites for hydroxylation is 1. The summed E-state index contributed by atoms with van der Waals surface area (Å²) in [5.41, 5.74) is 3.45. The number of carbonyl (C=O) groups excluding carboxylic acids is 2. The summed E-state index contributed by atoms with van der Waals surface area (Å²) in [6.45, 7) is 6.76. The largest absolute Gasteiger partial charge is 0.454 e. The smallest absolute Gasteiger partial charge is 0.240 e. The van der Waals surface area contributed by atoms with Crippen LogP contribution in [-0.2, 0) is 28.6 Å². The number of carbonyl (C=O) groups is 2. The van der Waals surface area contributed by atoms with Crippen molar-refractivity contribution in [2.75, 3.05) is 24.0 Å². The molecule has 9 nitrogen and oxygen atoms in total. The molecule has 0 saturated heterocycles. The third kappa shape index (κ3) is 4.65. The SMILES string of the molecule is Cn1nc(C(C)(C)C)c2c1N(CC(=O)NCc1cccnc1)C(=O)CSC2c1ccc2c(c1)OCO2. The summed E-state index contributed by atoms with van der Waals surface area (Å²) in [5, 5.41) is 7.60. The number of nitrogens with zero attached hydrogens (tertiary/aromatic N) is 4. The molecule has 2 aliphatic heterocycles. The summed E-state index contributed by atoms with van der Waals surface area (Å²) < 4.78 is 12.8. The van der Waals surface area contributed by atoms with Crippen molar-refractivity contribution in [2.24, 2.45) is 7.05 Å². The number of benzene rings is 1. The number of ether oxygens (including phenoxy) is 2. The highest BCUT2D eigenvalue weighted by Gasteiger charge is 2.39. The Morgan fingerprint density at radius 2 is 2.03 bits per heavy atom. The van der Waals surface area contributed by atoms with Gasteiger partial charge in [-0.25, -0.2) is 0 Å². The summed E-state index contributed by atoms with van der Waals surface area (Å²) in [4.78, 5) is 32.0. The molecule has 4 heterocycles. The van der Waals surface area contributed by atoms with Gasteiger partial charge in [0, 0.05) is 37.0 Å². The van der Waals surface area contributed by atoms with Gasteiger partial charge in [0.1, 0.15) is 12.4 Å². The van der Waals surface area contributed by atoms with Crippen LogP contribution in [0, 0.1) is 0 Å². The van der Waals surface area contributed by atoms with E-state index in [1.165, 1.54) is 11.8 Å². The predicted molar refractivity (Wildman–Crippen MR) is 137 cm³/mol. The van der Waals surface area contributed by atoms with Crippen LogP contribution in [0.1, 0.15) is 48.4 Å². The fourth-order valence-electron chi connectivity index (χ4n) is 4.49. The van der Waals surface area contributed by atoms with Crippen molar-refractivity contribution in [3.63, 3.8) is 0 Å².